The molecule has 8 nitrogen and oxygen atoms in total. The molecule has 2 N–H and O–H groups in total. The van der Waals surface area contributed by atoms with E-state index in [-0.39, 0.29) is 11.8 Å². The van der Waals surface area contributed by atoms with E-state index in [1.165, 1.54) is 6.33 Å². The summed E-state index contributed by atoms with van der Waals surface area (Å²) in [5, 5.41) is 2.99. The number of aromatic amines is 1. The number of carbonyl (C=O) groups is 1. The van der Waals surface area contributed by atoms with Crippen LogP contribution in [0.5, 0.6) is 0 Å². The lowest BCUT2D eigenvalue weighted by molar-refractivity contribution is -0.125. The summed E-state index contributed by atoms with van der Waals surface area (Å²) >= 11 is 0. The molecule has 0 aliphatic carbocycles. The third-order valence-corrected chi connectivity index (χ3v) is 4.46. The number of pyridine rings is 1. The molecular formula is C17H19N7O. The van der Waals surface area contributed by atoms with Crippen molar-refractivity contribution in [2.75, 3.05) is 18.0 Å². The van der Waals surface area contributed by atoms with Crippen molar-refractivity contribution in [2.24, 2.45) is 5.92 Å². The molecule has 1 aliphatic heterocycles. The number of amides is 1. The molecule has 1 saturated heterocycles. The van der Waals surface area contributed by atoms with Gasteiger partial charge in [-0.3, -0.25) is 9.78 Å². The lowest BCUT2D eigenvalue weighted by atomic mass is 9.97. The van der Waals surface area contributed by atoms with Crippen LogP contribution in [0.15, 0.2) is 37.1 Å². The van der Waals surface area contributed by atoms with Crippen LogP contribution in [0.4, 0.5) is 5.82 Å². The maximum absolute atomic E-state index is 12.5. The highest BCUT2D eigenvalue weighted by Crippen LogP contribution is 2.25. The second kappa shape index (κ2) is 6.84. The monoisotopic (exact) mass is 337 g/mol. The van der Waals surface area contributed by atoms with Gasteiger partial charge in [0.25, 0.3) is 0 Å². The molecule has 3 aromatic heterocycles. The van der Waals surface area contributed by atoms with Crippen LogP contribution in [-0.4, -0.2) is 43.9 Å². The molecule has 1 unspecified atom stereocenters. The van der Waals surface area contributed by atoms with Crippen molar-refractivity contribution in [3.05, 3.63) is 42.7 Å². The van der Waals surface area contributed by atoms with Crippen molar-refractivity contribution in [1.82, 2.24) is 30.2 Å². The molecule has 0 saturated carbocycles. The Kier molecular flexibility index (Phi) is 4.24. The number of aromatic nitrogens is 5. The number of nitrogens with one attached hydrogen (secondary N) is 2. The fraction of sp³-hybridized carbons (Fsp3) is 0.353. The van der Waals surface area contributed by atoms with E-state index in [1.54, 1.807) is 12.5 Å². The fourth-order valence-corrected chi connectivity index (χ4v) is 3.20. The number of fused-ring (bicyclic) bond motifs is 1. The Labute approximate surface area is 144 Å². The summed E-state index contributed by atoms with van der Waals surface area (Å²) in [7, 11) is 0. The van der Waals surface area contributed by atoms with Crippen LogP contribution < -0.4 is 10.2 Å². The van der Waals surface area contributed by atoms with Crippen LogP contribution in [0.1, 0.15) is 18.5 Å². The van der Waals surface area contributed by atoms with Crippen LogP contribution in [-0.2, 0) is 11.3 Å². The van der Waals surface area contributed by atoms with E-state index in [0.717, 1.165) is 36.4 Å². The Hall–Kier alpha value is -3.03. The Morgan fingerprint density at radius 3 is 3.12 bits per heavy atom. The third-order valence-electron chi connectivity index (χ3n) is 4.46. The SMILES string of the molecule is O=C(NCc1ccccn1)C1CCCN(c2ncnc3nc[nH]c23)C1. The van der Waals surface area contributed by atoms with Gasteiger partial charge in [0.15, 0.2) is 11.5 Å². The van der Waals surface area contributed by atoms with Gasteiger partial charge in [-0.05, 0) is 25.0 Å². The summed E-state index contributed by atoms with van der Waals surface area (Å²) in [6.07, 6.45) is 6.69. The number of carbonyl (C=O) groups excluding carboxylic acids is 1. The molecule has 8 heteroatoms. The first kappa shape index (κ1) is 15.5. The fourth-order valence-electron chi connectivity index (χ4n) is 3.20. The average Bonchev–Trinajstić information content (AvgIpc) is 3.16. The van der Waals surface area contributed by atoms with E-state index in [1.807, 2.05) is 18.2 Å². The normalized spacial score (nSPS) is 17.6. The lowest BCUT2D eigenvalue weighted by Gasteiger charge is -2.32. The summed E-state index contributed by atoms with van der Waals surface area (Å²) in [6, 6.07) is 5.69. The van der Waals surface area contributed by atoms with Gasteiger partial charge in [-0.25, -0.2) is 15.0 Å². The van der Waals surface area contributed by atoms with E-state index >= 15 is 0 Å². The zero-order valence-corrected chi connectivity index (χ0v) is 13.7. The molecule has 25 heavy (non-hydrogen) atoms. The van der Waals surface area contributed by atoms with Gasteiger partial charge >= 0.3 is 0 Å². The van der Waals surface area contributed by atoms with Gasteiger partial charge in [0, 0.05) is 19.3 Å². The molecule has 1 fully saturated rings. The van der Waals surface area contributed by atoms with Crippen molar-refractivity contribution in [3.8, 4) is 0 Å². The zero-order valence-electron chi connectivity index (χ0n) is 13.7. The summed E-state index contributed by atoms with van der Waals surface area (Å²) in [4.78, 5) is 34.7. The minimum Gasteiger partial charge on any atom is -0.354 e. The largest absolute Gasteiger partial charge is 0.354 e. The maximum atomic E-state index is 12.5. The molecule has 3 aromatic rings. The highest BCUT2D eigenvalue weighted by Gasteiger charge is 2.27. The molecule has 1 amide bonds. The summed E-state index contributed by atoms with van der Waals surface area (Å²) in [6.45, 7) is 1.96. The minimum absolute atomic E-state index is 0.0604. The van der Waals surface area contributed by atoms with Crippen molar-refractivity contribution >= 4 is 22.9 Å². The number of H-pyrrole nitrogens is 1. The average molecular weight is 337 g/mol. The van der Waals surface area contributed by atoms with Crippen molar-refractivity contribution in [2.45, 2.75) is 19.4 Å². The molecule has 0 spiro atoms. The van der Waals surface area contributed by atoms with Crippen LogP contribution in [0.2, 0.25) is 0 Å². The number of hydrogen-bond acceptors (Lipinski definition) is 6. The van der Waals surface area contributed by atoms with Gasteiger partial charge < -0.3 is 15.2 Å². The molecule has 1 atom stereocenters. The Morgan fingerprint density at radius 2 is 2.24 bits per heavy atom. The second-order valence-electron chi connectivity index (χ2n) is 6.12. The van der Waals surface area contributed by atoms with Crippen LogP contribution in [0.25, 0.3) is 11.2 Å². The van der Waals surface area contributed by atoms with Crippen LogP contribution in [0, 0.1) is 5.92 Å². The van der Waals surface area contributed by atoms with E-state index in [9.17, 15) is 4.79 Å². The van der Waals surface area contributed by atoms with Crippen molar-refractivity contribution < 1.29 is 4.79 Å². The highest BCUT2D eigenvalue weighted by atomic mass is 16.1. The van der Waals surface area contributed by atoms with Gasteiger partial charge in [-0.2, -0.15) is 0 Å². The standard InChI is InChI=1S/C17H19N7O/c25-17(19-8-13-5-1-2-6-18-13)12-4-3-7-24(9-12)16-14-15(21-10-20-14)22-11-23-16/h1-2,5-6,10-12H,3-4,7-9H2,(H,19,25)(H,20,21,22,23). The molecule has 0 bridgehead atoms. The molecule has 0 aromatic carbocycles. The number of imidazole rings is 1. The van der Waals surface area contributed by atoms with Crippen LogP contribution >= 0.6 is 0 Å². The first-order chi connectivity index (χ1) is 12.3. The molecular weight excluding hydrogens is 318 g/mol. The van der Waals surface area contributed by atoms with E-state index < -0.39 is 0 Å². The summed E-state index contributed by atoms with van der Waals surface area (Å²) in [5.74, 6) is 0.806. The van der Waals surface area contributed by atoms with Gasteiger partial charge in [0.1, 0.15) is 11.8 Å². The minimum atomic E-state index is -0.0644. The molecule has 4 rings (SSSR count). The predicted octanol–water partition coefficient (Wildman–Crippen LogP) is 1.28. The number of rotatable bonds is 4. The predicted molar refractivity (Wildman–Crippen MR) is 92.7 cm³/mol. The third kappa shape index (κ3) is 3.28. The summed E-state index contributed by atoms with van der Waals surface area (Å²) in [5.41, 5.74) is 2.32. The van der Waals surface area contributed by atoms with Crippen LogP contribution in [0.3, 0.4) is 0 Å². The first-order valence-corrected chi connectivity index (χ1v) is 8.38. The quantitative estimate of drug-likeness (QED) is 0.744. The van der Waals surface area contributed by atoms with E-state index in [2.05, 4.69) is 35.1 Å². The number of anilines is 1. The smallest absolute Gasteiger partial charge is 0.225 e. The summed E-state index contributed by atoms with van der Waals surface area (Å²) < 4.78 is 0. The topological polar surface area (TPSA) is 99.7 Å². The molecule has 4 heterocycles. The number of nitrogens with zero attached hydrogens (tertiary/aromatic N) is 5. The first-order valence-electron chi connectivity index (χ1n) is 8.38. The highest BCUT2D eigenvalue weighted by molar-refractivity contribution is 5.84. The maximum Gasteiger partial charge on any atom is 0.225 e. The molecule has 128 valence electrons. The van der Waals surface area contributed by atoms with Crippen molar-refractivity contribution in [3.63, 3.8) is 0 Å². The molecule has 0 radical (unpaired) electrons. The van der Waals surface area contributed by atoms with E-state index in [4.69, 9.17) is 0 Å². The molecule has 1 aliphatic rings. The number of piperidine rings is 1. The lowest BCUT2D eigenvalue weighted by Crippen LogP contribution is -2.43. The Bertz CT molecular complexity index is 864. The van der Waals surface area contributed by atoms with Crippen molar-refractivity contribution in [1.29, 1.82) is 0 Å². The van der Waals surface area contributed by atoms with Gasteiger partial charge in [-0.1, -0.05) is 6.07 Å². The van der Waals surface area contributed by atoms with Gasteiger partial charge in [0.2, 0.25) is 5.91 Å². The Balaban J connectivity index is 1.44. The second-order valence-corrected chi connectivity index (χ2v) is 6.12. The van der Waals surface area contributed by atoms with Gasteiger partial charge in [-0.15, -0.1) is 0 Å². The van der Waals surface area contributed by atoms with Gasteiger partial charge in [0.05, 0.1) is 24.5 Å². The zero-order chi connectivity index (χ0) is 17.1. The van der Waals surface area contributed by atoms with E-state index in [0.29, 0.717) is 18.7 Å². The number of hydrogen-bond donors (Lipinski definition) is 2. The Morgan fingerprint density at radius 1 is 1.28 bits per heavy atom.